The van der Waals surface area contributed by atoms with Crippen LogP contribution in [-0.2, 0) is 11.3 Å². The molecule has 0 aliphatic rings. The normalized spacial score (nSPS) is 10.5. The predicted molar refractivity (Wildman–Crippen MR) is 89.9 cm³/mol. The molecule has 1 aromatic heterocycles. The Bertz CT molecular complexity index is 696. The van der Waals surface area contributed by atoms with Crippen LogP contribution in [0, 0.1) is 0 Å². The van der Waals surface area contributed by atoms with Crippen LogP contribution in [0.25, 0.3) is 0 Å². The second-order valence-corrected chi connectivity index (χ2v) is 4.92. The number of anilines is 1. The van der Waals surface area contributed by atoms with E-state index in [9.17, 15) is 9.59 Å². The van der Waals surface area contributed by atoms with Crippen molar-refractivity contribution in [1.29, 1.82) is 0 Å². The minimum absolute atomic E-state index is 0.128. The second kappa shape index (κ2) is 8.48. The highest BCUT2D eigenvalue weighted by molar-refractivity contribution is 6.04. The number of nitrogens with one attached hydrogen (secondary N) is 2. The van der Waals surface area contributed by atoms with Gasteiger partial charge in [0, 0.05) is 24.6 Å². The van der Waals surface area contributed by atoms with E-state index in [0.717, 1.165) is 12.0 Å². The lowest BCUT2D eigenvalue weighted by molar-refractivity contribution is -0.116. The van der Waals surface area contributed by atoms with Crippen molar-refractivity contribution in [2.75, 3.05) is 5.32 Å². The van der Waals surface area contributed by atoms with Gasteiger partial charge in [-0.1, -0.05) is 25.1 Å². The summed E-state index contributed by atoms with van der Waals surface area (Å²) < 4.78 is 0. The Morgan fingerprint density at radius 1 is 1.22 bits per heavy atom. The molecule has 0 unspecified atom stereocenters. The summed E-state index contributed by atoms with van der Waals surface area (Å²) in [6, 6.07) is 10.8. The van der Waals surface area contributed by atoms with Gasteiger partial charge in [0.25, 0.3) is 5.91 Å². The predicted octanol–water partition coefficient (Wildman–Crippen LogP) is 2.92. The third-order valence-corrected chi connectivity index (χ3v) is 3.08. The van der Waals surface area contributed by atoms with Gasteiger partial charge in [-0.3, -0.25) is 14.6 Å². The Kier molecular flexibility index (Phi) is 6.06. The maximum absolute atomic E-state index is 12.1. The molecule has 23 heavy (non-hydrogen) atoms. The van der Waals surface area contributed by atoms with Crippen molar-refractivity contribution >= 4 is 17.5 Å². The highest BCUT2D eigenvalue weighted by Crippen LogP contribution is 2.12. The van der Waals surface area contributed by atoms with Crippen molar-refractivity contribution in [3.8, 4) is 0 Å². The third-order valence-electron chi connectivity index (χ3n) is 3.08. The van der Waals surface area contributed by atoms with Gasteiger partial charge in [0.1, 0.15) is 0 Å². The maximum atomic E-state index is 12.1. The number of aromatic nitrogens is 1. The Balaban J connectivity index is 1.96. The van der Waals surface area contributed by atoms with Crippen LogP contribution in [0.15, 0.2) is 60.9 Å². The number of hydrogen-bond acceptors (Lipinski definition) is 3. The summed E-state index contributed by atoms with van der Waals surface area (Å²) in [4.78, 5) is 27.6. The third kappa shape index (κ3) is 5.39. The fourth-order valence-corrected chi connectivity index (χ4v) is 1.93. The second-order valence-electron chi connectivity index (χ2n) is 4.92. The molecule has 0 saturated carbocycles. The van der Waals surface area contributed by atoms with E-state index >= 15 is 0 Å². The van der Waals surface area contributed by atoms with Crippen molar-refractivity contribution in [2.24, 2.45) is 0 Å². The molecule has 0 radical (unpaired) electrons. The number of benzene rings is 1. The quantitative estimate of drug-likeness (QED) is 0.806. The molecular weight excluding hydrogens is 290 g/mol. The number of hydrogen-bond donors (Lipinski definition) is 2. The van der Waals surface area contributed by atoms with Crippen LogP contribution >= 0.6 is 0 Å². The van der Waals surface area contributed by atoms with E-state index in [2.05, 4.69) is 15.6 Å². The van der Waals surface area contributed by atoms with Crippen molar-refractivity contribution in [3.05, 3.63) is 72.1 Å². The molecule has 118 valence electrons. The van der Waals surface area contributed by atoms with Gasteiger partial charge in [0.15, 0.2) is 0 Å². The molecule has 2 aromatic rings. The minimum Gasteiger partial charge on any atom is -0.348 e. The van der Waals surface area contributed by atoms with Gasteiger partial charge in [0.2, 0.25) is 5.91 Å². The topological polar surface area (TPSA) is 71.1 Å². The lowest BCUT2D eigenvalue weighted by atomic mass is 10.2. The summed E-state index contributed by atoms with van der Waals surface area (Å²) in [5.74, 6) is -0.346. The summed E-state index contributed by atoms with van der Waals surface area (Å²) in [5, 5.41) is 5.61. The molecular formula is C18H19N3O2. The molecule has 2 rings (SSSR count). The Morgan fingerprint density at radius 3 is 2.83 bits per heavy atom. The van der Waals surface area contributed by atoms with Crippen molar-refractivity contribution < 1.29 is 9.59 Å². The van der Waals surface area contributed by atoms with Gasteiger partial charge >= 0.3 is 0 Å². The number of amides is 2. The van der Waals surface area contributed by atoms with Crippen molar-refractivity contribution in [1.82, 2.24) is 10.3 Å². The molecule has 1 heterocycles. The van der Waals surface area contributed by atoms with E-state index in [0.29, 0.717) is 17.8 Å². The molecule has 0 fully saturated rings. The lowest BCUT2D eigenvalue weighted by Gasteiger charge is -2.08. The largest absolute Gasteiger partial charge is 0.348 e. The average Bonchev–Trinajstić information content (AvgIpc) is 2.59. The minimum atomic E-state index is -0.217. The van der Waals surface area contributed by atoms with Crippen LogP contribution in [0.3, 0.4) is 0 Å². The monoisotopic (exact) mass is 309 g/mol. The van der Waals surface area contributed by atoms with Gasteiger partial charge < -0.3 is 10.6 Å². The van der Waals surface area contributed by atoms with Gasteiger partial charge in [0.05, 0.1) is 5.56 Å². The molecule has 0 bridgehead atoms. The molecule has 5 nitrogen and oxygen atoms in total. The number of carbonyl (C=O) groups is 2. The molecule has 2 N–H and O–H groups in total. The first-order chi connectivity index (χ1) is 11.2. The Labute approximate surface area is 135 Å². The highest BCUT2D eigenvalue weighted by Gasteiger charge is 2.06. The van der Waals surface area contributed by atoms with Crippen LogP contribution in [0.2, 0.25) is 0 Å². The highest BCUT2D eigenvalue weighted by atomic mass is 16.2. The Hall–Kier alpha value is -2.95. The Morgan fingerprint density at radius 2 is 2.09 bits per heavy atom. The van der Waals surface area contributed by atoms with Crippen LogP contribution in [0.5, 0.6) is 0 Å². The molecule has 0 saturated heterocycles. The van der Waals surface area contributed by atoms with Crippen LogP contribution in [0.1, 0.15) is 29.3 Å². The number of nitrogens with zero attached hydrogens (tertiary/aromatic N) is 1. The fourth-order valence-electron chi connectivity index (χ4n) is 1.93. The number of pyridine rings is 1. The standard InChI is InChI=1S/C18H19N3O2/c1-2-3-9-17(22)20-12-14-6-4-8-16(11-14)21-18(23)15-7-5-10-19-13-15/h3-11,13H,2,12H2,1H3,(H,20,22)(H,21,23)/b9-3+. The summed E-state index contributed by atoms with van der Waals surface area (Å²) in [5.41, 5.74) is 2.08. The summed E-state index contributed by atoms with van der Waals surface area (Å²) in [6.45, 7) is 2.38. The van der Waals surface area contributed by atoms with Gasteiger partial charge in [-0.05, 0) is 42.3 Å². The van der Waals surface area contributed by atoms with E-state index in [-0.39, 0.29) is 11.8 Å². The SMILES string of the molecule is CC/C=C/C(=O)NCc1cccc(NC(=O)c2cccnc2)c1. The van der Waals surface area contributed by atoms with Crippen molar-refractivity contribution in [3.63, 3.8) is 0 Å². The molecule has 5 heteroatoms. The molecule has 0 spiro atoms. The number of allylic oxidation sites excluding steroid dienone is 1. The van der Waals surface area contributed by atoms with E-state index in [4.69, 9.17) is 0 Å². The van der Waals surface area contributed by atoms with E-state index in [1.807, 2.05) is 25.1 Å². The zero-order chi connectivity index (χ0) is 16.5. The molecule has 1 aromatic carbocycles. The summed E-state index contributed by atoms with van der Waals surface area (Å²) in [7, 11) is 0. The molecule has 2 amide bonds. The van der Waals surface area contributed by atoms with Crippen LogP contribution in [0.4, 0.5) is 5.69 Å². The first-order valence-corrected chi connectivity index (χ1v) is 7.43. The average molecular weight is 309 g/mol. The number of rotatable bonds is 6. The van der Waals surface area contributed by atoms with Gasteiger partial charge in [-0.25, -0.2) is 0 Å². The van der Waals surface area contributed by atoms with Gasteiger partial charge in [-0.15, -0.1) is 0 Å². The smallest absolute Gasteiger partial charge is 0.257 e. The fraction of sp³-hybridized carbons (Fsp3) is 0.167. The van der Waals surface area contributed by atoms with Gasteiger partial charge in [-0.2, -0.15) is 0 Å². The zero-order valence-corrected chi connectivity index (χ0v) is 13.0. The summed E-state index contributed by atoms with van der Waals surface area (Å²) in [6.07, 6.45) is 7.28. The van der Waals surface area contributed by atoms with Crippen LogP contribution < -0.4 is 10.6 Å². The molecule has 0 aliphatic carbocycles. The molecule has 0 atom stereocenters. The maximum Gasteiger partial charge on any atom is 0.257 e. The number of carbonyl (C=O) groups excluding carboxylic acids is 2. The van der Waals surface area contributed by atoms with Crippen LogP contribution in [-0.4, -0.2) is 16.8 Å². The van der Waals surface area contributed by atoms with E-state index < -0.39 is 0 Å². The first-order valence-electron chi connectivity index (χ1n) is 7.43. The van der Waals surface area contributed by atoms with Crippen molar-refractivity contribution in [2.45, 2.75) is 19.9 Å². The lowest BCUT2D eigenvalue weighted by Crippen LogP contribution is -2.20. The zero-order valence-electron chi connectivity index (χ0n) is 13.0. The van der Waals surface area contributed by atoms with E-state index in [1.54, 1.807) is 30.5 Å². The summed E-state index contributed by atoms with van der Waals surface area (Å²) >= 11 is 0. The molecule has 0 aliphatic heterocycles. The van der Waals surface area contributed by atoms with E-state index in [1.165, 1.54) is 12.3 Å². The first kappa shape index (κ1) is 16.4.